The van der Waals surface area contributed by atoms with E-state index in [0.717, 1.165) is 33.6 Å². The van der Waals surface area contributed by atoms with E-state index in [1.54, 1.807) is 23.9 Å². The minimum Gasteiger partial charge on any atom is -0.298 e. The quantitative estimate of drug-likeness (QED) is 0.601. The number of rotatable bonds is 4. The van der Waals surface area contributed by atoms with Crippen LogP contribution in [-0.2, 0) is 5.75 Å². The number of thioether (sulfide) groups is 1. The highest BCUT2D eigenvalue weighted by atomic mass is 32.2. The number of aryl methyl sites for hydroxylation is 2. The number of hydrogen-bond acceptors (Lipinski definition) is 2. The average molecular weight is 274 g/mol. The summed E-state index contributed by atoms with van der Waals surface area (Å²) in [5, 5.41) is 0. The molecule has 0 aromatic heterocycles. The van der Waals surface area contributed by atoms with Gasteiger partial charge < -0.3 is 0 Å². The van der Waals surface area contributed by atoms with Gasteiger partial charge in [0.2, 0.25) is 0 Å². The summed E-state index contributed by atoms with van der Waals surface area (Å²) in [7, 11) is 0. The second-order valence-corrected chi connectivity index (χ2v) is 5.54. The van der Waals surface area contributed by atoms with Gasteiger partial charge in [0.05, 0.1) is 0 Å². The van der Waals surface area contributed by atoms with Crippen LogP contribution in [0.25, 0.3) is 0 Å². The van der Waals surface area contributed by atoms with Crippen LogP contribution in [0.15, 0.2) is 41.3 Å². The molecule has 0 aliphatic heterocycles. The zero-order valence-corrected chi connectivity index (χ0v) is 11.8. The molecule has 0 heterocycles. The van der Waals surface area contributed by atoms with Crippen molar-refractivity contribution in [2.45, 2.75) is 24.5 Å². The molecule has 0 fully saturated rings. The van der Waals surface area contributed by atoms with Gasteiger partial charge in [-0.25, -0.2) is 4.39 Å². The van der Waals surface area contributed by atoms with Crippen LogP contribution in [0.2, 0.25) is 0 Å². The lowest BCUT2D eigenvalue weighted by molar-refractivity contribution is 0.112. The van der Waals surface area contributed by atoms with E-state index in [0.29, 0.717) is 0 Å². The molecule has 98 valence electrons. The fourth-order valence-corrected chi connectivity index (χ4v) is 2.85. The SMILES string of the molecule is Cc1cc(C)c(CSc2ccc(F)cc2)cc1C=O. The predicted molar refractivity (Wildman–Crippen MR) is 77.3 cm³/mol. The lowest BCUT2D eigenvalue weighted by Gasteiger charge is -2.09. The maximum absolute atomic E-state index is 12.8. The molecule has 2 rings (SSSR count). The number of benzene rings is 2. The number of halogens is 1. The minimum absolute atomic E-state index is 0.223. The van der Waals surface area contributed by atoms with Crippen molar-refractivity contribution >= 4 is 18.0 Å². The van der Waals surface area contributed by atoms with Crippen LogP contribution in [-0.4, -0.2) is 6.29 Å². The van der Waals surface area contributed by atoms with Crippen LogP contribution in [0.3, 0.4) is 0 Å². The smallest absolute Gasteiger partial charge is 0.150 e. The molecule has 0 spiro atoms. The van der Waals surface area contributed by atoms with E-state index < -0.39 is 0 Å². The molecule has 0 radical (unpaired) electrons. The maximum Gasteiger partial charge on any atom is 0.150 e. The molecule has 0 aliphatic carbocycles. The normalized spacial score (nSPS) is 10.5. The first-order chi connectivity index (χ1) is 9.10. The molecule has 0 N–H and O–H groups in total. The van der Waals surface area contributed by atoms with Gasteiger partial charge in [-0.2, -0.15) is 0 Å². The Labute approximate surface area is 116 Å². The van der Waals surface area contributed by atoms with Crippen molar-refractivity contribution in [3.8, 4) is 0 Å². The lowest BCUT2D eigenvalue weighted by Crippen LogP contribution is -1.94. The summed E-state index contributed by atoms with van der Waals surface area (Å²) < 4.78 is 12.8. The molecule has 0 aliphatic rings. The van der Waals surface area contributed by atoms with Crippen molar-refractivity contribution in [2.24, 2.45) is 0 Å². The number of carbonyl (C=O) groups is 1. The molecule has 0 saturated carbocycles. The van der Waals surface area contributed by atoms with Gasteiger partial charge in [-0.3, -0.25) is 4.79 Å². The van der Waals surface area contributed by atoms with Gasteiger partial charge in [0, 0.05) is 16.2 Å². The Balaban J connectivity index is 2.15. The molecule has 2 aromatic carbocycles. The molecule has 19 heavy (non-hydrogen) atoms. The summed E-state index contributed by atoms with van der Waals surface area (Å²) in [5.41, 5.74) is 4.06. The molecule has 0 bridgehead atoms. The van der Waals surface area contributed by atoms with Crippen molar-refractivity contribution in [3.05, 3.63) is 64.5 Å². The monoisotopic (exact) mass is 274 g/mol. The lowest BCUT2D eigenvalue weighted by atomic mass is 10.0. The number of hydrogen-bond donors (Lipinski definition) is 0. The van der Waals surface area contributed by atoms with Crippen LogP contribution in [0.1, 0.15) is 27.0 Å². The summed E-state index contributed by atoms with van der Waals surface area (Å²) in [6.07, 6.45) is 0.890. The first kappa shape index (κ1) is 13.8. The summed E-state index contributed by atoms with van der Waals surface area (Å²) in [6, 6.07) is 10.4. The molecule has 1 nitrogen and oxygen atoms in total. The third-order valence-electron chi connectivity index (χ3n) is 3.06. The van der Waals surface area contributed by atoms with Crippen molar-refractivity contribution in [3.63, 3.8) is 0 Å². The Morgan fingerprint density at radius 3 is 2.42 bits per heavy atom. The second kappa shape index (κ2) is 6.02. The average Bonchev–Trinajstić information content (AvgIpc) is 2.40. The van der Waals surface area contributed by atoms with Gasteiger partial charge in [0.25, 0.3) is 0 Å². The van der Waals surface area contributed by atoms with Gasteiger partial charge in [0.15, 0.2) is 0 Å². The van der Waals surface area contributed by atoms with Crippen molar-refractivity contribution < 1.29 is 9.18 Å². The minimum atomic E-state index is -0.223. The highest BCUT2D eigenvalue weighted by molar-refractivity contribution is 7.98. The van der Waals surface area contributed by atoms with E-state index in [-0.39, 0.29) is 5.82 Å². The summed E-state index contributed by atoms with van der Waals surface area (Å²) in [4.78, 5) is 12.0. The van der Waals surface area contributed by atoms with Crippen LogP contribution in [0, 0.1) is 19.7 Å². The molecule has 0 atom stereocenters. The molecule has 0 unspecified atom stereocenters. The molecule has 0 saturated heterocycles. The van der Waals surface area contributed by atoms with E-state index in [9.17, 15) is 9.18 Å². The van der Waals surface area contributed by atoms with Crippen LogP contribution in [0.5, 0.6) is 0 Å². The van der Waals surface area contributed by atoms with Gasteiger partial charge in [-0.05, 0) is 60.9 Å². The fourth-order valence-electron chi connectivity index (χ4n) is 1.89. The zero-order valence-electron chi connectivity index (χ0n) is 10.9. The van der Waals surface area contributed by atoms with Gasteiger partial charge in [-0.15, -0.1) is 11.8 Å². The zero-order chi connectivity index (χ0) is 13.8. The topological polar surface area (TPSA) is 17.1 Å². The summed E-state index contributed by atoms with van der Waals surface area (Å²) >= 11 is 1.64. The van der Waals surface area contributed by atoms with Gasteiger partial charge in [0.1, 0.15) is 12.1 Å². The Bertz CT molecular complexity index is 590. The summed E-state index contributed by atoms with van der Waals surface area (Å²) in [6.45, 7) is 3.98. The molecular formula is C16H15FOS. The molecule has 3 heteroatoms. The first-order valence-corrected chi connectivity index (χ1v) is 7.02. The third kappa shape index (κ3) is 3.44. The van der Waals surface area contributed by atoms with E-state index in [4.69, 9.17) is 0 Å². The molecule has 0 amide bonds. The van der Waals surface area contributed by atoms with Crippen LogP contribution < -0.4 is 0 Å². The van der Waals surface area contributed by atoms with Crippen LogP contribution in [0.4, 0.5) is 4.39 Å². The second-order valence-electron chi connectivity index (χ2n) is 4.50. The highest BCUT2D eigenvalue weighted by Gasteiger charge is 2.05. The fraction of sp³-hybridized carbons (Fsp3) is 0.188. The predicted octanol–water partition coefficient (Wildman–Crippen LogP) is 4.55. The first-order valence-electron chi connectivity index (χ1n) is 6.04. The largest absolute Gasteiger partial charge is 0.298 e. The number of carbonyl (C=O) groups excluding carboxylic acids is 1. The highest BCUT2D eigenvalue weighted by Crippen LogP contribution is 2.25. The van der Waals surface area contributed by atoms with Gasteiger partial charge >= 0.3 is 0 Å². The Morgan fingerprint density at radius 2 is 1.79 bits per heavy atom. The van der Waals surface area contributed by atoms with E-state index in [2.05, 4.69) is 0 Å². The van der Waals surface area contributed by atoms with Crippen molar-refractivity contribution in [1.29, 1.82) is 0 Å². The molecule has 2 aromatic rings. The van der Waals surface area contributed by atoms with E-state index >= 15 is 0 Å². The standard InChI is InChI=1S/C16H15FOS/c1-11-7-12(2)14(8-13(11)9-18)10-19-16-5-3-15(17)4-6-16/h3-9H,10H2,1-2H3. The Kier molecular flexibility index (Phi) is 4.38. The number of aldehydes is 1. The van der Waals surface area contributed by atoms with Crippen LogP contribution >= 0.6 is 11.8 Å². The third-order valence-corrected chi connectivity index (χ3v) is 4.12. The van der Waals surface area contributed by atoms with Gasteiger partial charge in [-0.1, -0.05) is 6.07 Å². The van der Waals surface area contributed by atoms with E-state index in [1.165, 1.54) is 17.7 Å². The Morgan fingerprint density at radius 1 is 1.11 bits per heavy atom. The Hall–Kier alpha value is -1.61. The van der Waals surface area contributed by atoms with Crippen molar-refractivity contribution in [1.82, 2.24) is 0 Å². The maximum atomic E-state index is 12.8. The van der Waals surface area contributed by atoms with Crippen molar-refractivity contribution in [2.75, 3.05) is 0 Å². The summed E-state index contributed by atoms with van der Waals surface area (Å²) in [5.74, 6) is 0.553. The van der Waals surface area contributed by atoms with E-state index in [1.807, 2.05) is 26.0 Å². The molecular weight excluding hydrogens is 259 g/mol.